The van der Waals surface area contributed by atoms with E-state index in [9.17, 15) is 9.59 Å². The highest BCUT2D eigenvalue weighted by atomic mass is 16.5. The SMILES string of the molecule is COC(=O)C1C2c3ccccc3C(c3ccccc32)C1NC(=O)OCc1ccccc1. The fraction of sp³-hybridized carbons (Fsp3) is 0.231. The summed E-state index contributed by atoms with van der Waals surface area (Å²) in [7, 11) is 1.40. The molecule has 0 heterocycles. The lowest BCUT2D eigenvalue weighted by molar-refractivity contribution is -0.147. The van der Waals surface area contributed by atoms with Crippen LogP contribution >= 0.6 is 0 Å². The average molecular weight is 413 g/mol. The smallest absolute Gasteiger partial charge is 0.407 e. The zero-order chi connectivity index (χ0) is 21.4. The number of ether oxygens (including phenoxy) is 2. The van der Waals surface area contributed by atoms with Gasteiger partial charge >= 0.3 is 12.1 Å². The highest BCUT2D eigenvalue weighted by Crippen LogP contribution is 2.55. The number of fused-ring (bicyclic) bond motifs is 1. The van der Waals surface area contributed by atoms with E-state index in [1.807, 2.05) is 54.6 Å². The summed E-state index contributed by atoms with van der Waals surface area (Å²) in [6.07, 6.45) is -0.537. The molecule has 31 heavy (non-hydrogen) atoms. The zero-order valence-electron chi connectivity index (χ0n) is 17.2. The van der Waals surface area contributed by atoms with Crippen molar-refractivity contribution in [1.82, 2.24) is 5.32 Å². The molecule has 5 nitrogen and oxygen atoms in total. The number of hydrogen-bond donors (Lipinski definition) is 1. The van der Waals surface area contributed by atoms with Crippen molar-refractivity contribution in [1.29, 1.82) is 0 Å². The van der Waals surface area contributed by atoms with E-state index in [2.05, 4.69) is 29.6 Å². The molecule has 3 aromatic rings. The second-order valence-electron chi connectivity index (χ2n) is 7.99. The van der Waals surface area contributed by atoms with Crippen molar-refractivity contribution in [3.05, 3.63) is 107 Å². The molecule has 156 valence electrons. The monoisotopic (exact) mass is 413 g/mol. The first-order chi connectivity index (χ1) is 15.2. The van der Waals surface area contributed by atoms with Crippen molar-refractivity contribution in [2.45, 2.75) is 24.5 Å². The van der Waals surface area contributed by atoms with Crippen LogP contribution in [0.25, 0.3) is 0 Å². The van der Waals surface area contributed by atoms with E-state index in [1.54, 1.807) is 0 Å². The molecule has 0 saturated carbocycles. The lowest BCUT2D eigenvalue weighted by atomic mass is 9.56. The summed E-state index contributed by atoms with van der Waals surface area (Å²) in [6, 6.07) is 25.4. The Hall–Kier alpha value is -3.60. The van der Waals surface area contributed by atoms with Crippen LogP contribution in [0, 0.1) is 5.92 Å². The maximum atomic E-state index is 12.9. The second kappa shape index (κ2) is 7.91. The first kappa shape index (κ1) is 19.4. The van der Waals surface area contributed by atoms with Gasteiger partial charge in [0, 0.05) is 11.8 Å². The Balaban J connectivity index is 1.50. The summed E-state index contributed by atoms with van der Waals surface area (Å²) in [5, 5.41) is 3.01. The molecular weight excluding hydrogens is 390 g/mol. The Morgan fingerprint density at radius 2 is 1.29 bits per heavy atom. The quantitative estimate of drug-likeness (QED) is 0.646. The van der Waals surface area contributed by atoms with Gasteiger partial charge in [-0.25, -0.2) is 4.79 Å². The molecule has 0 aromatic heterocycles. The number of methoxy groups -OCH3 is 1. The fourth-order valence-electron chi connectivity index (χ4n) is 5.17. The highest BCUT2D eigenvalue weighted by molar-refractivity contribution is 5.81. The van der Waals surface area contributed by atoms with Crippen LogP contribution in [0.4, 0.5) is 4.79 Å². The van der Waals surface area contributed by atoms with Gasteiger partial charge in [-0.3, -0.25) is 4.79 Å². The molecule has 1 N–H and O–H groups in total. The molecule has 0 saturated heterocycles. The first-order valence-corrected chi connectivity index (χ1v) is 10.4. The maximum absolute atomic E-state index is 12.9. The standard InChI is InChI=1S/C26H23NO4/c1-30-25(28)23-21-17-11-5-7-13-19(17)22(20-14-8-6-12-18(20)21)24(23)27-26(29)31-15-16-9-3-2-4-10-16/h2-14,21-24H,15H2,1H3,(H,27,29). The molecule has 2 bridgehead atoms. The minimum absolute atomic E-state index is 0.147. The number of amides is 1. The van der Waals surface area contributed by atoms with E-state index >= 15 is 0 Å². The van der Waals surface area contributed by atoms with Crippen LogP contribution in [0.2, 0.25) is 0 Å². The normalized spacial score (nSPS) is 22.7. The van der Waals surface area contributed by atoms with Crippen molar-refractivity contribution < 1.29 is 19.1 Å². The summed E-state index contributed by atoms with van der Waals surface area (Å²) in [5.74, 6) is -1.17. The van der Waals surface area contributed by atoms with Gasteiger partial charge < -0.3 is 14.8 Å². The molecule has 3 aliphatic rings. The molecular formula is C26H23NO4. The highest BCUT2D eigenvalue weighted by Gasteiger charge is 2.53. The third-order valence-electron chi connectivity index (χ3n) is 6.41. The van der Waals surface area contributed by atoms with E-state index in [0.29, 0.717) is 0 Å². The molecule has 0 spiro atoms. The van der Waals surface area contributed by atoms with Crippen LogP contribution < -0.4 is 5.32 Å². The van der Waals surface area contributed by atoms with Crippen LogP contribution in [0.15, 0.2) is 78.9 Å². The Morgan fingerprint density at radius 3 is 1.84 bits per heavy atom. The number of hydrogen-bond acceptors (Lipinski definition) is 4. The van der Waals surface area contributed by atoms with Gasteiger partial charge in [0.15, 0.2) is 0 Å². The van der Waals surface area contributed by atoms with Crippen LogP contribution in [0.3, 0.4) is 0 Å². The van der Waals surface area contributed by atoms with E-state index in [0.717, 1.165) is 27.8 Å². The van der Waals surface area contributed by atoms with Crippen molar-refractivity contribution in [3.63, 3.8) is 0 Å². The fourth-order valence-corrected chi connectivity index (χ4v) is 5.17. The predicted molar refractivity (Wildman–Crippen MR) is 116 cm³/mol. The van der Waals surface area contributed by atoms with Crippen LogP contribution in [-0.4, -0.2) is 25.2 Å². The van der Waals surface area contributed by atoms with Gasteiger partial charge in [0.1, 0.15) is 6.61 Å². The van der Waals surface area contributed by atoms with Crippen molar-refractivity contribution >= 4 is 12.1 Å². The topological polar surface area (TPSA) is 64.6 Å². The Kier molecular flexibility index (Phi) is 4.94. The van der Waals surface area contributed by atoms with Crippen LogP contribution in [0.1, 0.15) is 39.7 Å². The minimum atomic E-state index is -0.537. The number of benzene rings is 3. The molecule has 2 unspecified atom stereocenters. The lowest BCUT2D eigenvalue weighted by Crippen LogP contribution is -2.55. The number of nitrogens with one attached hydrogen (secondary N) is 1. The van der Waals surface area contributed by atoms with Gasteiger partial charge in [-0.1, -0.05) is 78.9 Å². The molecule has 1 amide bonds. The predicted octanol–water partition coefficient (Wildman–Crippen LogP) is 4.36. The van der Waals surface area contributed by atoms with E-state index in [1.165, 1.54) is 7.11 Å². The second-order valence-corrected chi connectivity index (χ2v) is 7.99. The van der Waals surface area contributed by atoms with Gasteiger partial charge in [0.2, 0.25) is 0 Å². The number of carbonyl (C=O) groups excluding carboxylic acids is 2. The molecule has 0 aliphatic heterocycles. The number of alkyl carbamates (subject to hydrolysis) is 1. The van der Waals surface area contributed by atoms with Gasteiger partial charge in [-0.15, -0.1) is 0 Å². The molecule has 0 radical (unpaired) electrons. The summed E-state index contributed by atoms with van der Waals surface area (Å²) >= 11 is 0. The van der Waals surface area contributed by atoms with Crippen LogP contribution in [0.5, 0.6) is 0 Å². The first-order valence-electron chi connectivity index (χ1n) is 10.4. The molecule has 3 aromatic carbocycles. The summed E-state index contributed by atoms with van der Waals surface area (Å²) in [4.78, 5) is 25.7. The summed E-state index contributed by atoms with van der Waals surface area (Å²) in [6.45, 7) is 0.170. The average Bonchev–Trinajstić information content (AvgIpc) is 2.83. The van der Waals surface area contributed by atoms with Gasteiger partial charge in [0.05, 0.1) is 19.1 Å². The number of esters is 1. The third-order valence-corrected chi connectivity index (χ3v) is 6.41. The van der Waals surface area contributed by atoms with E-state index < -0.39 is 18.1 Å². The Labute approximate surface area is 181 Å². The minimum Gasteiger partial charge on any atom is -0.469 e. The largest absolute Gasteiger partial charge is 0.469 e. The molecule has 6 rings (SSSR count). The molecule has 0 fully saturated rings. The van der Waals surface area contributed by atoms with Gasteiger partial charge in [0.25, 0.3) is 0 Å². The maximum Gasteiger partial charge on any atom is 0.407 e. The van der Waals surface area contributed by atoms with Crippen molar-refractivity contribution in [2.75, 3.05) is 7.11 Å². The number of carbonyl (C=O) groups is 2. The zero-order valence-corrected chi connectivity index (χ0v) is 17.2. The molecule has 5 heteroatoms. The lowest BCUT2D eigenvalue weighted by Gasteiger charge is -2.49. The van der Waals surface area contributed by atoms with Gasteiger partial charge in [-0.2, -0.15) is 0 Å². The molecule has 2 atom stereocenters. The van der Waals surface area contributed by atoms with Gasteiger partial charge in [-0.05, 0) is 27.8 Å². The van der Waals surface area contributed by atoms with Crippen molar-refractivity contribution in [3.8, 4) is 0 Å². The Bertz CT molecular complexity index is 1080. The van der Waals surface area contributed by atoms with E-state index in [-0.39, 0.29) is 24.4 Å². The Morgan fingerprint density at radius 1 is 0.774 bits per heavy atom. The van der Waals surface area contributed by atoms with Crippen LogP contribution in [-0.2, 0) is 20.9 Å². The van der Waals surface area contributed by atoms with E-state index in [4.69, 9.17) is 9.47 Å². The summed E-state index contributed by atoms with van der Waals surface area (Å²) < 4.78 is 10.7. The number of rotatable bonds is 4. The summed E-state index contributed by atoms with van der Waals surface area (Å²) in [5.41, 5.74) is 5.43. The molecule has 3 aliphatic carbocycles. The van der Waals surface area contributed by atoms with Crippen molar-refractivity contribution in [2.24, 2.45) is 5.92 Å². The third kappa shape index (κ3) is 3.26.